The van der Waals surface area contributed by atoms with Crippen molar-refractivity contribution in [2.75, 3.05) is 14.2 Å². The molecule has 0 bridgehead atoms. The van der Waals surface area contributed by atoms with E-state index in [1.54, 1.807) is 20.1 Å². The Kier molecular flexibility index (Phi) is 4.88. The van der Waals surface area contributed by atoms with E-state index in [0.29, 0.717) is 11.4 Å². The number of thiazole rings is 1. The van der Waals surface area contributed by atoms with Crippen LogP contribution < -0.4 is 4.74 Å². The van der Waals surface area contributed by atoms with Crippen LogP contribution in [0.15, 0.2) is 28.5 Å². The summed E-state index contributed by atoms with van der Waals surface area (Å²) in [6.07, 6.45) is 0. The average Bonchev–Trinajstić information content (AvgIpc) is 2.79. The lowest BCUT2D eigenvalue weighted by molar-refractivity contribution is 0.398. The Morgan fingerprint density at radius 3 is 2.62 bits per heavy atom. The zero-order valence-electron chi connectivity index (χ0n) is 11.8. The average molecular weight is 347 g/mol. The molecule has 0 spiro atoms. The highest BCUT2D eigenvalue weighted by molar-refractivity contribution is 7.91. The van der Waals surface area contributed by atoms with Crippen LogP contribution >= 0.6 is 22.9 Å². The number of hydrogen-bond donors (Lipinski definition) is 0. The van der Waals surface area contributed by atoms with Crippen molar-refractivity contribution in [1.29, 1.82) is 0 Å². The minimum absolute atomic E-state index is 0.171. The molecule has 1 aromatic heterocycles. The predicted octanol–water partition coefficient (Wildman–Crippen LogP) is 2.93. The van der Waals surface area contributed by atoms with Crippen LogP contribution in [0.25, 0.3) is 0 Å². The number of benzene rings is 1. The van der Waals surface area contributed by atoms with Gasteiger partial charge in [-0.05, 0) is 13.0 Å². The summed E-state index contributed by atoms with van der Waals surface area (Å²) in [5, 5.41) is 0. The molecular formula is C13H15ClN2O3S2. The third-order valence-electron chi connectivity index (χ3n) is 2.96. The Bertz CT molecular complexity index is 744. The van der Waals surface area contributed by atoms with Crippen molar-refractivity contribution in [2.24, 2.45) is 0 Å². The van der Waals surface area contributed by atoms with E-state index in [-0.39, 0.29) is 15.2 Å². The van der Waals surface area contributed by atoms with Crippen molar-refractivity contribution in [3.63, 3.8) is 0 Å². The van der Waals surface area contributed by atoms with E-state index in [1.165, 1.54) is 11.4 Å². The van der Waals surface area contributed by atoms with Gasteiger partial charge in [-0.1, -0.05) is 41.1 Å². The van der Waals surface area contributed by atoms with Gasteiger partial charge in [-0.15, -0.1) is 0 Å². The normalized spacial score (nSPS) is 11.9. The quantitative estimate of drug-likeness (QED) is 0.835. The summed E-state index contributed by atoms with van der Waals surface area (Å²) in [4.78, 5) is 3.95. The Morgan fingerprint density at radius 1 is 1.38 bits per heavy atom. The van der Waals surface area contributed by atoms with E-state index >= 15 is 0 Å². The highest BCUT2D eigenvalue weighted by Gasteiger charge is 2.27. The van der Waals surface area contributed by atoms with Gasteiger partial charge in [-0.2, -0.15) is 4.31 Å². The summed E-state index contributed by atoms with van der Waals surface area (Å²) in [6.45, 7) is 1.84. The molecule has 0 saturated heterocycles. The van der Waals surface area contributed by atoms with Crippen LogP contribution in [-0.4, -0.2) is 31.9 Å². The van der Waals surface area contributed by atoms with Crippen LogP contribution in [0.1, 0.15) is 11.3 Å². The van der Waals surface area contributed by atoms with Gasteiger partial charge in [0.1, 0.15) is 5.75 Å². The molecule has 0 amide bonds. The first-order chi connectivity index (χ1) is 9.86. The number of aromatic nitrogens is 1. The maximum atomic E-state index is 12.6. The number of nitrogens with zero attached hydrogens (tertiary/aromatic N) is 2. The van der Waals surface area contributed by atoms with Crippen molar-refractivity contribution in [3.05, 3.63) is 40.0 Å². The van der Waals surface area contributed by atoms with Crippen molar-refractivity contribution in [3.8, 4) is 5.75 Å². The van der Waals surface area contributed by atoms with Gasteiger partial charge in [0, 0.05) is 19.2 Å². The molecule has 2 rings (SSSR count). The summed E-state index contributed by atoms with van der Waals surface area (Å²) < 4.78 is 32.0. The van der Waals surface area contributed by atoms with E-state index in [2.05, 4.69) is 4.98 Å². The third kappa shape index (κ3) is 3.37. The molecule has 2 aromatic rings. The fraction of sp³-hybridized carbons (Fsp3) is 0.308. The topological polar surface area (TPSA) is 59.5 Å². The van der Waals surface area contributed by atoms with Gasteiger partial charge in [0.05, 0.1) is 12.8 Å². The number of rotatable bonds is 5. The monoisotopic (exact) mass is 346 g/mol. The van der Waals surface area contributed by atoms with Crippen molar-refractivity contribution >= 4 is 33.0 Å². The Balaban J connectivity index is 2.31. The van der Waals surface area contributed by atoms with Crippen LogP contribution in [-0.2, 0) is 16.6 Å². The smallest absolute Gasteiger partial charge is 0.254 e. The predicted molar refractivity (Wildman–Crippen MR) is 83.5 cm³/mol. The van der Waals surface area contributed by atoms with Crippen molar-refractivity contribution in [1.82, 2.24) is 9.29 Å². The molecule has 0 aliphatic heterocycles. The molecule has 0 aliphatic carbocycles. The molecular weight excluding hydrogens is 332 g/mol. The lowest BCUT2D eigenvalue weighted by atomic mass is 10.2. The van der Waals surface area contributed by atoms with Gasteiger partial charge in [0.2, 0.25) is 0 Å². The van der Waals surface area contributed by atoms with E-state index < -0.39 is 10.0 Å². The van der Waals surface area contributed by atoms with E-state index in [1.807, 2.05) is 18.2 Å². The minimum Gasteiger partial charge on any atom is -0.496 e. The second kappa shape index (κ2) is 6.31. The minimum atomic E-state index is -3.62. The lowest BCUT2D eigenvalue weighted by Crippen LogP contribution is -2.26. The fourth-order valence-corrected chi connectivity index (χ4v) is 4.97. The van der Waals surface area contributed by atoms with Gasteiger partial charge in [0.15, 0.2) is 8.68 Å². The zero-order chi connectivity index (χ0) is 15.6. The number of para-hydroxylation sites is 1. The molecule has 0 atom stereocenters. The molecule has 0 unspecified atom stereocenters. The number of methoxy groups -OCH3 is 1. The Morgan fingerprint density at radius 2 is 2.05 bits per heavy atom. The molecule has 0 fully saturated rings. The second-order valence-electron chi connectivity index (χ2n) is 4.41. The highest BCUT2D eigenvalue weighted by Crippen LogP contribution is 2.30. The highest BCUT2D eigenvalue weighted by atomic mass is 35.5. The largest absolute Gasteiger partial charge is 0.496 e. The number of ether oxygens (including phenoxy) is 1. The first-order valence-corrected chi connectivity index (χ1v) is 8.71. The molecule has 1 aromatic carbocycles. The van der Waals surface area contributed by atoms with Gasteiger partial charge in [-0.25, -0.2) is 13.4 Å². The summed E-state index contributed by atoms with van der Waals surface area (Å²) in [5.41, 5.74) is 1.20. The molecule has 114 valence electrons. The molecule has 0 radical (unpaired) electrons. The lowest BCUT2D eigenvalue weighted by Gasteiger charge is -2.18. The van der Waals surface area contributed by atoms with Crippen LogP contribution in [0.3, 0.4) is 0 Å². The molecule has 0 N–H and O–H groups in total. The number of aryl methyl sites for hydroxylation is 1. The third-order valence-corrected chi connectivity index (χ3v) is 6.61. The summed E-state index contributed by atoms with van der Waals surface area (Å²) in [5.74, 6) is 0.651. The Hall–Kier alpha value is -1.15. The van der Waals surface area contributed by atoms with Crippen molar-refractivity contribution in [2.45, 2.75) is 17.7 Å². The maximum Gasteiger partial charge on any atom is 0.254 e. The van der Waals surface area contributed by atoms with Crippen LogP contribution in [0.4, 0.5) is 0 Å². The van der Waals surface area contributed by atoms with Gasteiger partial charge in [-0.3, -0.25) is 0 Å². The summed E-state index contributed by atoms with van der Waals surface area (Å²) >= 11 is 6.75. The standard InChI is InChI=1S/C13H15ClN2O3S2/c1-9-12(20-13(14)15-9)21(17,18)16(2)8-10-6-4-5-7-11(10)19-3/h4-7H,8H2,1-3H3. The van der Waals surface area contributed by atoms with Gasteiger partial charge >= 0.3 is 0 Å². The first kappa shape index (κ1) is 16.2. The second-order valence-corrected chi connectivity index (χ2v) is 8.23. The van der Waals surface area contributed by atoms with E-state index in [0.717, 1.165) is 16.9 Å². The number of halogens is 1. The van der Waals surface area contributed by atoms with Crippen LogP contribution in [0.5, 0.6) is 5.75 Å². The van der Waals surface area contributed by atoms with E-state index in [9.17, 15) is 8.42 Å². The molecule has 0 aliphatic rings. The first-order valence-electron chi connectivity index (χ1n) is 6.07. The fourth-order valence-electron chi connectivity index (χ4n) is 1.89. The molecule has 5 nitrogen and oxygen atoms in total. The molecule has 21 heavy (non-hydrogen) atoms. The molecule has 0 saturated carbocycles. The SMILES string of the molecule is COc1ccccc1CN(C)S(=O)(=O)c1sc(Cl)nc1C. The summed E-state index contributed by atoms with van der Waals surface area (Å²) in [6, 6.07) is 7.30. The van der Waals surface area contributed by atoms with Crippen molar-refractivity contribution < 1.29 is 13.2 Å². The summed E-state index contributed by atoms with van der Waals surface area (Å²) in [7, 11) is -0.544. The van der Waals surface area contributed by atoms with Gasteiger partial charge < -0.3 is 4.74 Å². The molecule has 1 heterocycles. The number of hydrogen-bond acceptors (Lipinski definition) is 5. The number of sulfonamides is 1. The maximum absolute atomic E-state index is 12.6. The van der Waals surface area contributed by atoms with E-state index in [4.69, 9.17) is 16.3 Å². The Labute approximate surface area is 133 Å². The van der Waals surface area contributed by atoms with Gasteiger partial charge in [0.25, 0.3) is 10.0 Å². The van der Waals surface area contributed by atoms with Crippen LogP contribution in [0, 0.1) is 6.92 Å². The van der Waals surface area contributed by atoms with Crippen LogP contribution in [0.2, 0.25) is 4.47 Å². The molecule has 8 heteroatoms. The zero-order valence-corrected chi connectivity index (χ0v) is 14.2.